The Morgan fingerprint density at radius 2 is 1.54 bits per heavy atom. The fourth-order valence-corrected chi connectivity index (χ4v) is 9.91. The Kier molecular flexibility index (Phi) is 6.35. The Labute approximate surface area is 184 Å². The maximum atomic E-state index is 3.97. The molecule has 0 amide bonds. The molecule has 0 aliphatic heterocycles. The third kappa shape index (κ3) is 3.67. The van der Waals surface area contributed by atoms with Crippen molar-refractivity contribution in [1.82, 2.24) is 0 Å². The maximum Gasteiger partial charge on any atom is 0.0148 e. The SMILES string of the molecule is CC(C)CCC[C@@H](C)C1CCC2C3CC[C@H]4C[C@H](Br)CCC4(C)C3CCC21C. The number of hydrogen-bond donors (Lipinski definition) is 0. The summed E-state index contributed by atoms with van der Waals surface area (Å²) in [6.07, 6.45) is 18.0. The molecule has 9 atom stereocenters. The molecule has 1 heteroatoms. The molecule has 0 N–H and O–H groups in total. The second-order valence-electron chi connectivity index (χ2n) is 12.6. The Balaban J connectivity index is 1.46. The van der Waals surface area contributed by atoms with Gasteiger partial charge in [-0.2, -0.15) is 0 Å². The van der Waals surface area contributed by atoms with E-state index in [9.17, 15) is 0 Å². The molecule has 0 saturated heterocycles. The lowest BCUT2D eigenvalue weighted by Crippen LogP contribution is -2.53. The van der Waals surface area contributed by atoms with Gasteiger partial charge in [0.05, 0.1) is 0 Å². The first-order valence-corrected chi connectivity index (χ1v) is 13.8. The summed E-state index contributed by atoms with van der Waals surface area (Å²) in [6, 6.07) is 0. The molecule has 0 bridgehead atoms. The van der Waals surface area contributed by atoms with Gasteiger partial charge in [-0.3, -0.25) is 0 Å². The van der Waals surface area contributed by atoms with E-state index in [4.69, 9.17) is 0 Å². The van der Waals surface area contributed by atoms with Crippen molar-refractivity contribution in [1.29, 1.82) is 0 Å². The summed E-state index contributed by atoms with van der Waals surface area (Å²) in [5, 5.41) is 0. The standard InChI is InChI=1S/C27H47Br/c1-18(2)7-6-8-19(3)23-11-12-24-22-10-9-20-17-21(28)13-15-26(20,4)25(22)14-16-27(23,24)5/h18-25H,6-17H2,1-5H3/t19-,20+,21-,22?,23?,24?,25?,26?,27?/m1/s1. The molecule has 0 aromatic rings. The minimum Gasteiger partial charge on any atom is -0.0891 e. The molecule has 0 heterocycles. The molecule has 4 saturated carbocycles. The van der Waals surface area contributed by atoms with Crippen molar-refractivity contribution in [3.63, 3.8) is 0 Å². The lowest BCUT2D eigenvalue weighted by atomic mass is 9.44. The number of hydrogen-bond acceptors (Lipinski definition) is 0. The van der Waals surface area contributed by atoms with Gasteiger partial charge in [-0.25, -0.2) is 0 Å². The monoisotopic (exact) mass is 450 g/mol. The van der Waals surface area contributed by atoms with E-state index in [1.165, 1.54) is 57.8 Å². The molecule has 4 aliphatic rings. The largest absolute Gasteiger partial charge is 0.0891 e. The normalized spacial score (nSPS) is 49.4. The van der Waals surface area contributed by atoms with Gasteiger partial charge in [0.25, 0.3) is 0 Å². The van der Waals surface area contributed by atoms with Crippen molar-refractivity contribution in [2.24, 2.45) is 52.3 Å². The van der Waals surface area contributed by atoms with Crippen LogP contribution in [0, 0.1) is 52.3 Å². The van der Waals surface area contributed by atoms with E-state index < -0.39 is 0 Å². The average Bonchev–Trinajstić information content (AvgIpc) is 2.99. The lowest BCUT2D eigenvalue weighted by molar-refractivity contribution is -0.113. The predicted molar refractivity (Wildman–Crippen MR) is 126 cm³/mol. The average molecular weight is 452 g/mol. The van der Waals surface area contributed by atoms with Crippen molar-refractivity contribution < 1.29 is 0 Å². The zero-order valence-electron chi connectivity index (χ0n) is 19.5. The number of fused-ring (bicyclic) bond motifs is 5. The molecule has 4 rings (SSSR count). The highest BCUT2D eigenvalue weighted by molar-refractivity contribution is 9.09. The van der Waals surface area contributed by atoms with Crippen LogP contribution in [0.5, 0.6) is 0 Å². The first kappa shape index (κ1) is 21.7. The minimum absolute atomic E-state index is 0.661. The summed E-state index contributed by atoms with van der Waals surface area (Å²) in [5.41, 5.74) is 1.32. The highest BCUT2D eigenvalue weighted by atomic mass is 79.9. The first-order chi connectivity index (χ1) is 13.3. The second-order valence-corrected chi connectivity index (χ2v) is 13.9. The van der Waals surface area contributed by atoms with Crippen LogP contribution in [-0.2, 0) is 0 Å². The molecule has 0 radical (unpaired) electrons. The molecule has 0 aromatic carbocycles. The molecule has 0 nitrogen and oxygen atoms in total. The van der Waals surface area contributed by atoms with Crippen LogP contribution in [0.3, 0.4) is 0 Å². The topological polar surface area (TPSA) is 0 Å². The van der Waals surface area contributed by atoms with Crippen LogP contribution in [0.15, 0.2) is 0 Å². The lowest BCUT2D eigenvalue weighted by Gasteiger charge is -2.61. The van der Waals surface area contributed by atoms with Gasteiger partial charge < -0.3 is 0 Å². The summed E-state index contributed by atoms with van der Waals surface area (Å²) < 4.78 is 0. The molecule has 4 aliphatic carbocycles. The predicted octanol–water partition coefficient (Wildman–Crippen LogP) is 8.87. The van der Waals surface area contributed by atoms with Gasteiger partial charge in [0, 0.05) is 4.83 Å². The number of rotatable bonds is 5. The zero-order chi connectivity index (χ0) is 20.1. The van der Waals surface area contributed by atoms with E-state index in [1.807, 2.05) is 0 Å². The quantitative estimate of drug-likeness (QED) is 0.366. The first-order valence-electron chi connectivity index (χ1n) is 12.9. The summed E-state index contributed by atoms with van der Waals surface area (Å²) in [4.78, 5) is 0.804. The molecule has 0 spiro atoms. The van der Waals surface area contributed by atoms with Crippen LogP contribution in [0.2, 0.25) is 0 Å². The van der Waals surface area contributed by atoms with Gasteiger partial charge in [-0.05, 0) is 110 Å². The smallest absolute Gasteiger partial charge is 0.0148 e. The summed E-state index contributed by atoms with van der Waals surface area (Å²) in [7, 11) is 0. The summed E-state index contributed by atoms with van der Waals surface area (Å²) in [5.74, 6) is 6.97. The highest BCUT2D eigenvalue weighted by Crippen LogP contribution is 2.68. The van der Waals surface area contributed by atoms with E-state index in [0.717, 1.165) is 46.3 Å². The van der Waals surface area contributed by atoms with Crippen molar-refractivity contribution in [2.75, 3.05) is 0 Å². The van der Waals surface area contributed by atoms with Gasteiger partial charge in [0.2, 0.25) is 0 Å². The maximum absolute atomic E-state index is 3.97. The van der Waals surface area contributed by atoms with Crippen molar-refractivity contribution in [3.05, 3.63) is 0 Å². The van der Waals surface area contributed by atoms with Crippen LogP contribution in [0.25, 0.3) is 0 Å². The Morgan fingerprint density at radius 1 is 0.821 bits per heavy atom. The van der Waals surface area contributed by atoms with Gasteiger partial charge in [-0.15, -0.1) is 0 Å². The van der Waals surface area contributed by atoms with Crippen LogP contribution < -0.4 is 0 Å². The Bertz CT molecular complexity index is 540. The third-order valence-corrected chi connectivity index (χ3v) is 11.6. The fraction of sp³-hybridized carbons (Fsp3) is 1.00. The molecule has 162 valence electrons. The minimum atomic E-state index is 0.661. The summed E-state index contributed by atoms with van der Waals surface area (Å²) in [6.45, 7) is 12.9. The van der Waals surface area contributed by atoms with E-state index in [-0.39, 0.29) is 0 Å². The van der Waals surface area contributed by atoms with Crippen LogP contribution in [0.1, 0.15) is 112 Å². The Hall–Kier alpha value is 0.480. The van der Waals surface area contributed by atoms with Crippen LogP contribution in [-0.4, -0.2) is 4.83 Å². The van der Waals surface area contributed by atoms with Crippen LogP contribution in [0.4, 0.5) is 0 Å². The van der Waals surface area contributed by atoms with E-state index in [2.05, 4.69) is 50.5 Å². The van der Waals surface area contributed by atoms with Crippen LogP contribution >= 0.6 is 15.9 Å². The highest BCUT2D eigenvalue weighted by Gasteiger charge is 2.60. The third-order valence-electron chi connectivity index (χ3n) is 10.8. The molecular weight excluding hydrogens is 404 g/mol. The molecule has 0 aromatic heterocycles. The second kappa shape index (κ2) is 8.20. The van der Waals surface area contributed by atoms with E-state index in [1.54, 1.807) is 19.3 Å². The fourth-order valence-electron chi connectivity index (χ4n) is 9.23. The molecule has 28 heavy (non-hydrogen) atoms. The molecule has 6 unspecified atom stereocenters. The number of halogens is 1. The van der Waals surface area contributed by atoms with E-state index >= 15 is 0 Å². The van der Waals surface area contributed by atoms with Crippen molar-refractivity contribution in [3.8, 4) is 0 Å². The van der Waals surface area contributed by atoms with Gasteiger partial charge in [0.1, 0.15) is 0 Å². The molecular formula is C27H47Br. The summed E-state index contributed by atoms with van der Waals surface area (Å²) >= 11 is 3.97. The zero-order valence-corrected chi connectivity index (χ0v) is 21.1. The van der Waals surface area contributed by atoms with Gasteiger partial charge in [0.15, 0.2) is 0 Å². The Morgan fingerprint density at radius 3 is 2.29 bits per heavy atom. The number of alkyl halides is 1. The van der Waals surface area contributed by atoms with Gasteiger partial charge in [-0.1, -0.05) is 69.8 Å². The van der Waals surface area contributed by atoms with E-state index in [0.29, 0.717) is 10.8 Å². The van der Waals surface area contributed by atoms with Crippen molar-refractivity contribution in [2.45, 2.75) is 116 Å². The van der Waals surface area contributed by atoms with Crippen molar-refractivity contribution >= 4 is 15.9 Å². The van der Waals surface area contributed by atoms with Gasteiger partial charge >= 0.3 is 0 Å². The molecule has 4 fully saturated rings.